The molecule has 8 heteroatoms. The van der Waals surface area contributed by atoms with Crippen LogP contribution in [0.3, 0.4) is 0 Å². The lowest BCUT2D eigenvalue weighted by atomic mass is 10.2. The molecule has 0 bridgehead atoms. The number of benzene rings is 2. The number of nitrogens with zero attached hydrogens (tertiary/aromatic N) is 2. The summed E-state index contributed by atoms with van der Waals surface area (Å²) in [6.45, 7) is 1.49. The van der Waals surface area contributed by atoms with Gasteiger partial charge >= 0.3 is 0 Å². The molecule has 2 aromatic carbocycles. The topological polar surface area (TPSA) is 88.1 Å². The molecule has 2 rings (SSSR count). The molecule has 0 aliphatic rings. The van der Waals surface area contributed by atoms with E-state index in [9.17, 15) is 13.2 Å². The van der Waals surface area contributed by atoms with E-state index in [1.165, 1.54) is 32.4 Å². The zero-order valence-electron chi connectivity index (χ0n) is 14.8. The Bertz CT molecular complexity index is 894. The van der Waals surface area contributed by atoms with Gasteiger partial charge in [-0.1, -0.05) is 41.6 Å². The summed E-state index contributed by atoms with van der Waals surface area (Å²) in [5, 5.41) is 6.38. The van der Waals surface area contributed by atoms with Crippen LogP contribution < -0.4 is 5.32 Å². The number of amides is 1. The van der Waals surface area contributed by atoms with E-state index < -0.39 is 15.9 Å². The molecule has 0 radical (unpaired) electrons. The first-order chi connectivity index (χ1) is 12.3. The van der Waals surface area contributed by atoms with Crippen LogP contribution in [0.2, 0.25) is 0 Å². The van der Waals surface area contributed by atoms with E-state index in [0.29, 0.717) is 5.69 Å². The fourth-order valence-corrected chi connectivity index (χ4v) is 2.95. The Balaban J connectivity index is 1.99. The maximum Gasteiger partial charge on any atom is 0.265 e. The third kappa shape index (κ3) is 5.14. The van der Waals surface area contributed by atoms with Crippen LogP contribution in [0.1, 0.15) is 11.1 Å². The van der Waals surface area contributed by atoms with E-state index in [-0.39, 0.29) is 11.5 Å². The number of anilines is 1. The third-order valence-corrected chi connectivity index (χ3v) is 5.34. The second kappa shape index (κ2) is 8.59. The van der Waals surface area contributed by atoms with Gasteiger partial charge in [0, 0.05) is 19.8 Å². The molecule has 0 atom stereocenters. The summed E-state index contributed by atoms with van der Waals surface area (Å²) >= 11 is 0. The maximum absolute atomic E-state index is 12.2. The van der Waals surface area contributed by atoms with Crippen LogP contribution >= 0.6 is 0 Å². The van der Waals surface area contributed by atoms with Gasteiger partial charge in [-0.05, 0) is 30.2 Å². The van der Waals surface area contributed by atoms with Gasteiger partial charge in [-0.15, -0.1) is 0 Å². The first kappa shape index (κ1) is 19.6. The van der Waals surface area contributed by atoms with Crippen LogP contribution in [0.4, 0.5) is 5.69 Å². The predicted molar refractivity (Wildman–Crippen MR) is 101 cm³/mol. The van der Waals surface area contributed by atoms with Crippen LogP contribution in [-0.4, -0.2) is 45.5 Å². The van der Waals surface area contributed by atoms with Crippen molar-refractivity contribution in [1.82, 2.24) is 4.31 Å². The number of carbonyl (C=O) groups excluding carboxylic acids is 1. The molecule has 0 saturated heterocycles. The number of sulfonamides is 1. The smallest absolute Gasteiger partial charge is 0.265 e. The highest BCUT2D eigenvalue weighted by Gasteiger charge is 2.18. The largest absolute Gasteiger partial charge is 0.386 e. The highest BCUT2D eigenvalue weighted by molar-refractivity contribution is 7.89. The molecule has 1 amide bonds. The molecule has 0 spiro atoms. The summed E-state index contributed by atoms with van der Waals surface area (Å²) in [6.07, 6.45) is 1.50. The second-order valence-corrected chi connectivity index (χ2v) is 7.88. The molecular formula is C18H21N3O4S. The van der Waals surface area contributed by atoms with Crippen molar-refractivity contribution in [3.63, 3.8) is 0 Å². The first-order valence-corrected chi connectivity index (χ1v) is 9.28. The molecule has 0 fully saturated rings. The Kier molecular flexibility index (Phi) is 6.48. The summed E-state index contributed by atoms with van der Waals surface area (Å²) < 4.78 is 25.5. The van der Waals surface area contributed by atoms with Crippen LogP contribution in [0, 0.1) is 6.92 Å². The van der Waals surface area contributed by atoms with Gasteiger partial charge in [-0.25, -0.2) is 12.7 Å². The van der Waals surface area contributed by atoms with Crippen molar-refractivity contribution in [3.8, 4) is 0 Å². The highest BCUT2D eigenvalue weighted by Crippen LogP contribution is 2.21. The average molecular weight is 375 g/mol. The lowest BCUT2D eigenvalue weighted by molar-refractivity contribution is -0.120. The standard InChI is InChI=1S/C18H21N3O4S/c1-14-9-10-16(26(23,24)21(2)3)11-17(14)20-18(22)13-25-19-12-15-7-5-4-6-8-15/h4-12H,13H2,1-3H3,(H,20,22)/b19-12-. The number of aryl methyl sites for hydroxylation is 1. The number of nitrogens with one attached hydrogen (secondary N) is 1. The van der Waals surface area contributed by atoms with Gasteiger partial charge in [0.15, 0.2) is 6.61 Å². The molecule has 0 aromatic heterocycles. The first-order valence-electron chi connectivity index (χ1n) is 7.84. The van der Waals surface area contributed by atoms with Crippen molar-refractivity contribution in [2.45, 2.75) is 11.8 Å². The minimum Gasteiger partial charge on any atom is -0.386 e. The summed E-state index contributed by atoms with van der Waals surface area (Å²) in [5.41, 5.74) is 2.00. The number of oxime groups is 1. The average Bonchev–Trinajstić information content (AvgIpc) is 2.61. The van der Waals surface area contributed by atoms with Gasteiger partial charge in [0.2, 0.25) is 10.0 Å². The van der Waals surface area contributed by atoms with Crippen LogP contribution in [-0.2, 0) is 19.7 Å². The van der Waals surface area contributed by atoms with Gasteiger partial charge in [0.25, 0.3) is 5.91 Å². The molecule has 0 aliphatic heterocycles. The minimum atomic E-state index is -3.58. The summed E-state index contributed by atoms with van der Waals surface area (Å²) in [7, 11) is -0.675. The van der Waals surface area contributed by atoms with Crippen LogP contribution in [0.25, 0.3) is 0 Å². The van der Waals surface area contributed by atoms with E-state index in [1.807, 2.05) is 30.3 Å². The summed E-state index contributed by atoms with van der Waals surface area (Å²) in [4.78, 5) is 17.1. The van der Waals surface area contributed by atoms with E-state index in [0.717, 1.165) is 15.4 Å². The molecule has 1 N–H and O–H groups in total. The van der Waals surface area contributed by atoms with E-state index in [2.05, 4.69) is 10.5 Å². The molecule has 26 heavy (non-hydrogen) atoms. The number of rotatable bonds is 7. The predicted octanol–water partition coefficient (Wildman–Crippen LogP) is 2.23. The van der Waals surface area contributed by atoms with Gasteiger partial charge < -0.3 is 10.2 Å². The monoisotopic (exact) mass is 375 g/mol. The van der Waals surface area contributed by atoms with Crippen LogP contribution in [0.15, 0.2) is 58.6 Å². The van der Waals surface area contributed by atoms with Gasteiger partial charge in [0.05, 0.1) is 11.1 Å². The van der Waals surface area contributed by atoms with Crippen molar-refractivity contribution in [3.05, 3.63) is 59.7 Å². The Morgan fingerprint density at radius 3 is 2.54 bits per heavy atom. The molecular weight excluding hydrogens is 354 g/mol. The highest BCUT2D eigenvalue weighted by atomic mass is 32.2. The molecule has 2 aromatic rings. The summed E-state index contributed by atoms with van der Waals surface area (Å²) in [5.74, 6) is -0.433. The molecule has 0 heterocycles. The van der Waals surface area contributed by atoms with E-state index in [4.69, 9.17) is 4.84 Å². The van der Waals surface area contributed by atoms with Crippen molar-refractivity contribution in [2.75, 3.05) is 26.0 Å². The van der Waals surface area contributed by atoms with Crippen molar-refractivity contribution >= 4 is 27.8 Å². The minimum absolute atomic E-state index is 0.103. The third-order valence-electron chi connectivity index (χ3n) is 3.53. The molecule has 0 saturated carbocycles. The summed E-state index contributed by atoms with van der Waals surface area (Å²) in [6, 6.07) is 13.9. The lowest BCUT2D eigenvalue weighted by Gasteiger charge is -2.14. The lowest BCUT2D eigenvalue weighted by Crippen LogP contribution is -2.23. The van der Waals surface area contributed by atoms with Crippen molar-refractivity contribution < 1.29 is 18.0 Å². The Labute approximate surface area is 153 Å². The number of hydrogen-bond donors (Lipinski definition) is 1. The SMILES string of the molecule is Cc1ccc(S(=O)(=O)N(C)C)cc1NC(=O)CO/N=C\c1ccccc1. The van der Waals surface area contributed by atoms with Crippen LogP contribution in [0.5, 0.6) is 0 Å². The Morgan fingerprint density at radius 2 is 1.88 bits per heavy atom. The molecule has 7 nitrogen and oxygen atoms in total. The number of hydrogen-bond acceptors (Lipinski definition) is 5. The quantitative estimate of drug-likeness (QED) is 0.594. The fraction of sp³-hybridized carbons (Fsp3) is 0.222. The zero-order chi connectivity index (χ0) is 19.2. The van der Waals surface area contributed by atoms with E-state index >= 15 is 0 Å². The van der Waals surface area contributed by atoms with Gasteiger partial charge in [-0.2, -0.15) is 0 Å². The zero-order valence-corrected chi connectivity index (χ0v) is 15.7. The Hall–Kier alpha value is -2.71. The van der Waals surface area contributed by atoms with E-state index in [1.54, 1.807) is 13.0 Å². The molecule has 0 unspecified atom stereocenters. The molecule has 0 aliphatic carbocycles. The van der Waals surface area contributed by atoms with Gasteiger partial charge in [-0.3, -0.25) is 4.79 Å². The second-order valence-electron chi connectivity index (χ2n) is 5.73. The Morgan fingerprint density at radius 1 is 1.19 bits per heavy atom. The van der Waals surface area contributed by atoms with Crippen molar-refractivity contribution in [2.24, 2.45) is 5.16 Å². The molecule has 138 valence electrons. The number of carbonyl (C=O) groups is 1. The maximum atomic E-state index is 12.2. The van der Waals surface area contributed by atoms with Crippen molar-refractivity contribution in [1.29, 1.82) is 0 Å². The van der Waals surface area contributed by atoms with Gasteiger partial charge in [0.1, 0.15) is 0 Å². The fourth-order valence-electron chi connectivity index (χ4n) is 2.03. The normalized spacial score (nSPS) is 11.7.